The van der Waals surface area contributed by atoms with Gasteiger partial charge >= 0.3 is 5.51 Å². The summed E-state index contributed by atoms with van der Waals surface area (Å²) in [6, 6.07) is 4.30. The molecule has 1 rings (SSSR count). The number of hydrogen-bond donors (Lipinski definition) is 0. The van der Waals surface area contributed by atoms with E-state index in [2.05, 4.69) is 42.9 Å². The number of pyridine rings is 1. The van der Waals surface area contributed by atoms with Gasteiger partial charge in [0.15, 0.2) is 22.5 Å². The second-order valence-corrected chi connectivity index (χ2v) is 7.37. The first-order chi connectivity index (χ1) is 11.6. The Kier molecular flexibility index (Phi) is 11.7. The molecule has 0 radical (unpaired) electrons. The average molecular weight is 383 g/mol. The molecule has 0 N–H and O–H groups in total. The van der Waals surface area contributed by atoms with Crippen molar-refractivity contribution >= 4 is 10.1 Å². The van der Waals surface area contributed by atoms with Crippen molar-refractivity contribution in [2.75, 3.05) is 0 Å². The molecular weight excluding hydrogens is 355 g/mol. The fourth-order valence-electron chi connectivity index (χ4n) is 2.22. The first-order valence-electron chi connectivity index (χ1n) is 8.55. The zero-order chi connectivity index (χ0) is 19.3. The molecule has 0 aliphatic heterocycles. The van der Waals surface area contributed by atoms with Crippen LogP contribution in [0.3, 0.4) is 0 Å². The van der Waals surface area contributed by atoms with E-state index in [4.69, 9.17) is 13.0 Å². The van der Waals surface area contributed by atoms with Gasteiger partial charge in [-0.1, -0.05) is 45.4 Å². The van der Waals surface area contributed by atoms with Crippen molar-refractivity contribution in [1.82, 2.24) is 0 Å². The lowest BCUT2D eigenvalue weighted by Gasteiger charge is -2.08. The van der Waals surface area contributed by atoms with Gasteiger partial charge in [-0.25, -0.2) is 13.0 Å². The minimum atomic E-state index is -6.09. The van der Waals surface area contributed by atoms with Gasteiger partial charge < -0.3 is 4.55 Å². The van der Waals surface area contributed by atoms with Crippen molar-refractivity contribution in [2.45, 2.75) is 77.3 Å². The third-order valence-electron chi connectivity index (χ3n) is 3.56. The highest BCUT2D eigenvalue weighted by Gasteiger charge is 2.36. The van der Waals surface area contributed by atoms with Crippen LogP contribution in [0.25, 0.3) is 0 Å². The van der Waals surface area contributed by atoms with Crippen LogP contribution in [-0.4, -0.2) is 18.5 Å². The molecule has 0 atom stereocenters. The molecule has 1 aromatic heterocycles. The van der Waals surface area contributed by atoms with E-state index >= 15 is 0 Å². The molecule has 0 aliphatic carbocycles. The second kappa shape index (κ2) is 12.2. The zero-order valence-corrected chi connectivity index (χ0v) is 15.7. The number of unbranched alkanes of at least 4 members (excludes halogenated alkanes) is 7. The van der Waals surface area contributed by atoms with Crippen LogP contribution in [0.1, 0.15) is 63.9 Å². The lowest BCUT2D eigenvalue weighted by Crippen LogP contribution is -2.32. The molecule has 0 aromatic carbocycles. The number of halogens is 3. The van der Waals surface area contributed by atoms with Crippen molar-refractivity contribution in [3.63, 3.8) is 0 Å². The predicted octanol–water partition coefficient (Wildman–Crippen LogP) is 4.47. The van der Waals surface area contributed by atoms with Crippen LogP contribution >= 0.6 is 0 Å². The molecule has 0 saturated carbocycles. The van der Waals surface area contributed by atoms with Crippen molar-refractivity contribution in [3.05, 3.63) is 30.1 Å². The van der Waals surface area contributed by atoms with Gasteiger partial charge in [-0.05, 0) is 19.4 Å². The second-order valence-electron chi connectivity index (χ2n) is 5.99. The summed E-state index contributed by atoms with van der Waals surface area (Å²) in [5.41, 5.74) is -4.29. The van der Waals surface area contributed by atoms with Crippen LogP contribution in [0.15, 0.2) is 24.5 Å². The van der Waals surface area contributed by atoms with Gasteiger partial charge in [-0.2, -0.15) is 13.2 Å². The minimum Gasteiger partial charge on any atom is -0.741 e. The Morgan fingerprint density at radius 3 is 1.96 bits per heavy atom. The molecule has 1 aromatic rings. The monoisotopic (exact) mass is 383 g/mol. The van der Waals surface area contributed by atoms with E-state index in [-0.39, 0.29) is 0 Å². The molecular formula is C17H28F3NO3S. The summed E-state index contributed by atoms with van der Waals surface area (Å²) in [7, 11) is -6.09. The SMILES string of the molecule is CCCCCCCCCC[n+]1cccc(C)c1.O=S(=O)([O-])C(F)(F)F. The molecule has 146 valence electrons. The van der Waals surface area contributed by atoms with E-state index < -0.39 is 15.6 Å². The third-order valence-corrected chi connectivity index (χ3v) is 4.13. The Bertz CT molecular complexity index is 575. The maximum absolute atomic E-state index is 10.7. The normalized spacial score (nSPS) is 11.8. The Balaban J connectivity index is 0.000000609. The summed E-state index contributed by atoms with van der Waals surface area (Å²) in [4.78, 5) is 0. The molecule has 0 saturated heterocycles. The molecule has 0 fully saturated rings. The highest BCUT2D eigenvalue weighted by molar-refractivity contribution is 7.86. The van der Waals surface area contributed by atoms with Gasteiger partial charge in [0.1, 0.15) is 6.54 Å². The molecule has 0 amide bonds. The summed E-state index contributed by atoms with van der Waals surface area (Å²) < 4.78 is 61.2. The largest absolute Gasteiger partial charge is 0.741 e. The zero-order valence-electron chi connectivity index (χ0n) is 14.9. The molecule has 25 heavy (non-hydrogen) atoms. The lowest BCUT2D eigenvalue weighted by molar-refractivity contribution is -0.697. The molecule has 4 nitrogen and oxygen atoms in total. The van der Waals surface area contributed by atoms with Gasteiger partial charge in [0.2, 0.25) is 0 Å². The van der Waals surface area contributed by atoms with E-state index in [1.165, 1.54) is 63.5 Å². The summed E-state index contributed by atoms with van der Waals surface area (Å²) in [6.07, 6.45) is 15.6. The Labute approximate surface area is 148 Å². The van der Waals surface area contributed by atoms with Gasteiger partial charge in [-0.15, -0.1) is 0 Å². The number of aryl methyl sites for hydroxylation is 2. The van der Waals surface area contributed by atoms with Crippen LogP contribution in [0.4, 0.5) is 13.2 Å². The fraction of sp³-hybridized carbons (Fsp3) is 0.706. The van der Waals surface area contributed by atoms with E-state index in [0.717, 1.165) is 0 Å². The van der Waals surface area contributed by atoms with Gasteiger partial charge in [0.05, 0.1) is 0 Å². The first kappa shape index (κ1) is 23.9. The van der Waals surface area contributed by atoms with Crippen LogP contribution in [0.5, 0.6) is 0 Å². The fourth-order valence-corrected chi connectivity index (χ4v) is 2.22. The standard InChI is InChI=1S/C16H28N.CHF3O3S/c1-3-4-5-6-7-8-9-10-13-17-14-11-12-16(2)15-17;2-1(3,4)8(5,6)7/h11-12,14-15H,3-10,13H2,1-2H3;(H,5,6,7)/q+1;/p-1. The van der Waals surface area contributed by atoms with Crippen molar-refractivity contribution < 1.29 is 30.7 Å². The van der Waals surface area contributed by atoms with E-state index in [1.807, 2.05) is 0 Å². The maximum Gasteiger partial charge on any atom is 0.485 e. The quantitative estimate of drug-likeness (QED) is 0.273. The molecule has 0 spiro atoms. The smallest absolute Gasteiger partial charge is 0.485 e. The predicted molar refractivity (Wildman–Crippen MR) is 89.7 cm³/mol. The first-order valence-corrected chi connectivity index (χ1v) is 9.96. The number of hydrogen-bond acceptors (Lipinski definition) is 3. The highest BCUT2D eigenvalue weighted by Crippen LogP contribution is 2.20. The average Bonchev–Trinajstić information content (AvgIpc) is 2.49. The van der Waals surface area contributed by atoms with E-state index in [1.54, 1.807) is 0 Å². The third kappa shape index (κ3) is 12.8. The summed E-state index contributed by atoms with van der Waals surface area (Å²) in [5, 5.41) is 0. The van der Waals surface area contributed by atoms with Crippen molar-refractivity contribution in [1.29, 1.82) is 0 Å². The van der Waals surface area contributed by atoms with Crippen LogP contribution in [0.2, 0.25) is 0 Å². The summed E-state index contributed by atoms with van der Waals surface area (Å²) >= 11 is 0. The number of nitrogens with zero attached hydrogens (tertiary/aromatic N) is 1. The number of aromatic nitrogens is 1. The number of alkyl halides is 3. The van der Waals surface area contributed by atoms with E-state index in [0.29, 0.717) is 0 Å². The molecule has 1 heterocycles. The Hall–Kier alpha value is -1.15. The molecule has 0 aliphatic rings. The number of rotatable bonds is 9. The van der Waals surface area contributed by atoms with Crippen LogP contribution < -0.4 is 4.57 Å². The van der Waals surface area contributed by atoms with Crippen LogP contribution in [0, 0.1) is 6.92 Å². The Morgan fingerprint density at radius 2 is 1.52 bits per heavy atom. The van der Waals surface area contributed by atoms with E-state index in [9.17, 15) is 13.2 Å². The molecule has 0 unspecified atom stereocenters. The van der Waals surface area contributed by atoms with Gasteiger partial charge in [0.25, 0.3) is 0 Å². The van der Waals surface area contributed by atoms with Crippen molar-refractivity contribution in [3.8, 4) is 0 Å². The summed E-state index contributed by atoms with van der Waals surface area (Å²) in [5.74, 6) is 0. The lowest BCUT2D eigenvalue weighted by atomic mass is 10.1. The van der Waals surface area contributed by atoms with Gasteiger partial charge in [0, 0.05) is 18.1 Å². The Morgan fingerprint density at radius 1 is 1.04 bits per heavy atom. The van der Waals surface area contributed by atoms with Gasteiger partial charge in [-0.3, -0.25) is 0 Å². The van der Waals surface area contributed by atoms with Crippen LogP contribution in [-0.2, 0) is 16.7 Å². The summed E-state index contributed by atoms with van der Waals surface area (Å²) in [6.45, 7) is 5.61. The maximum atomic E-state index is 10.7. The van der Waals surface area contributed by atoms with Crippen molar-refractivity contribution in [2.24, 2.45) is 0 Å². The topological polar surface area (TPSA) is 61.1 Å². The highest BCUT2D eigenvalue weighted by atomic mass is 32.2. The molecule has 8 heteroatoms. The minimum absolute atomic E-state index is 1.18. The molecule has 0 bridgehead atoms.